The first-order chi connectivity index (χ1) is 40.9. The molecule has 1 aliphatic heterocycles. The summed E-state index contributed by atoms with van der Waals surface area (Å²) in [6.45, 7) is 0.327. The number of phenolic OH excluding ortho intramolecular Hbond substituents is 1. The average Bonchev–Trinajstić information content (AvgIpc) is 1.46. The van der Waals surface area contributed by atoms with Gasteiger partial charge >= 0.3 is 23.9 Å². The van der Waals surface area contributed by atoms with Crippen molar-refractivity contribution in [2.24, 2.45) is 17.8 Å². The van der Waals surface area contributed by atoms with Gasteiger partial charge in [0, 0.05) is 67.6 Å². The van der Waals surface area contributed by atoms with E-state index in [0.29, 0.717) is 80.2 Å². The van der Waals surface area contributed by atoms with Gasteiger partial charge in [0.05, 0.1) is 18.4 Å². The van der Waals surface area contributed by atoms with Gasteiger partial charge in [0.1, 0.15) is 28.9 Å². The lowest BCUT2D eigenvalue weighted by Crippen LogP contribution is -2.49. The van der Waals surface area contributed by atoms with Gasteiger partial charge in [-0.15, -0.1) is 0 Å². The van der Waals surface area contributed by atoms with E-state index in [4.69, 9.17) is 21.7 Å². The minimum atomic E-state index is -1.42. The Morgan fingerprint density at radius 1 is 0.706 bits per heavy atom. The van der Waals surface area contributed by atoms with Crippen molar-refractivity contribution in [1.29, 1.82) is 0 Å². The molecule has 3 aromatic carbocycles. The summed E-state index contributed by atoms with van der Waals surface area (Å²) in [5.41, 5.74) is 3.27. The molecule has 0 spiro atoms. The van der Waals surface area contributed by atoms with Gasteiger partial charge in [0.25, 0.3) is 6.47 Å². The zero-order valence-electron chi connectivity index (χ0n) is 47.5. The molecule has 6 rings (SSSR count). The number of benzene rings is 4. The summed E-state index contributed by atoms with van der Waals surface area (Å²) in [4.78, 5) is 126. The fraction of sp³-hybridized carbons (Fsp3) is 0.453. The molecule has 8 N–H and O–H groups in total. The van der Waals surface area contributed by atoms with Crippen LogP contribution < -0.4 is 26.7 Å². The van der Waals surface area contributed by atoms with Gasteiger partial charge in [0.15, 0.2) is 17.4 Å². The Kier molecular flexibility index (Phi) is 26.2. The van der Waals surface area contributed by atoms with Crippen LogP contribution in [0.5, 0.6) is 5.75 Å². The molecule has 4 amide bonds. The Hall–Kier alpha value is -8.33. The molecule has 454 valence electrons. The second-order valence-corrected chi connectivity index (χ2v) is 22.5. The lowest BCUT2D eigenvalue weighted by Gasteiger charge is -2.36. The number of aromatic hydroxyl groups is 1. The van der Waals surface area contributed by atoms with Crippen molar-refractivity contribution in [2.45, 2.75) is 159 Å². The Balaban J connectivity index is 0.939. The summed E-state index contributed by atoms with van der Waals surface area (Å²) >= 11 is 5.86. The van der Waals surface area contributed by atoms with Crippen LogP contribution >= 0.6 is 12.2 Å². The number of hydrogen-bond acceptors (Lipinski definition) is 14. The molecular formula is C64H76N4O16S. The van der Waals surface area contributed by atoms with Crippen LogP contribution in [0.1, 0.15) is 145 Å². The van der Waals surface area contributed by atoms with Gasteiger partial charge in [-0.3, -0.25) is 38.4 Å². The van der Waals surface area contributed by atoms with E-state index in [-0.39, 0.29) is 97.8 Å². The standard InChI is InChI=1S/C64H76N4O16S/c69-39-83-58(29-30-59(75)76)68-64(82)67-52(63(80)81)28-24-44(70)18-11-3-1-2-4-12-20-57(74)66-53(35-41-16-9-6-10-17-41)54(73)36-43(32-40-14-7-5-8-15-40)61(77)65-31-13-19-47(85)33-42-21-25-48(51(34-42)62(78)79)60-49-26-22-45(71)37-55(49)84-56-38-46(72)23-27-50(56)60/h5-10,14-17,22-23,26-27,37-39,42-43,48,51-53,58,71H,1-4,11-13,18-21,24-25,28-36H2,(H,65,77)(H,66,74)(H,75,76)(H,78,79)(H,80,81)(H2,67,68,82)/t42?,43-,48?,51?,52+,53+,58-/m1/s1. The van der Waals surface area contributed by atoms with Crippen LogP contribution in [0.15, 0.2) is 106 Å². The lowest BCUT2D eigenvalue weighted by atomic mass is 9.68. The quantitative estimate of drug-likeness (QED) is 0.00604. The lowest BCUT2D eigenvalue weighted by molar-refractivity contribution is -0.144. The smallest absolute Gasteiger partial charge is 0.326 e. The van der Waals surface area contributed by atoms with Crippen LogP contribution in [0, 0.1) is 17.8 Å². The topological polar surface area (TPSA) is 322 Å². The van der Waals surface area contributed by atoms with Crippen molar-refractivity contribution < 1.29 is 72.7 Å². The zero-order valence-corrected chi connectivity index (χ0v) is 48.3. The predicted octanol–water partition coefficient (Wildman–Crippen LogP) is 8.98. The van der Waals surface area contributed by atoms with Crippen molar-refractivity contribution in [2.75, 3.05) is 6.54 Å². The molecule has 0 saturated heterocycles. The molecule has 21 heteroatoms. The number of Topliss-reactive ketones (excluding diaryl/α,β-unsaturated/α-hetero) is 2. The van der Waals surface area contributed by atoms with Gasteiger partial charge < -0.3 is 50.8 Å². The number of rotatable bonds is 37. The third-order valence-electron chi connectivity index (χ3n) is 15.5. The molecule has 0 bridgehead atoms. The number of carbonyl (C=O) groups excluding carboxylic acids is 6. The van der Waals surface area contributed by atoms with E-state index in [9.17, 15) is 63.3 Å². The van der Waals surface area contributed by atoms with Crippen molar-refractivity contribution in [3.63, 3.8) is 0 Å². The molecule has 7 atom stereocenters. The van der Waals surface area contributed by atoms with Crippen molar-refractivity contribution in [3.05, 3.63) is 124 Å². The van der Waals surface area contributed by atoms with Crippen LogP contribution in [0.4, 0.5) is 4.79 Å². The highest BCUT2D eigenvalue weighted by atomic mass is 32.1. The fourth-order valence-electron chi connectivity index (χ4n) is 11.2. The molecule has 85 heavy (non-hydrogen) atoms. The minimum absolute atomic E-state index is 0.0152. The summed E-state index contributed by atoms with van der Waals surface area (Å²) in [6, 6.07) is 24.6. The molecule has 2 aliphatic carbocycles. The molecule has 0 aromatic heterocycles. The van der Waals surface area contributed by atoms with E-state index in [1.807, 2.05) is 60.7 Å². The fourth-order valence-corrected chi connectivity index (χ4v) is 11.5. The Labute approximate surface area is 498 Å². The number of amides is 4. The molecular weight excluding hydrogens is 1110 g/mol. The van der Waals surface area contributed by atoms with Crippen LogP contribution in [-0.2, 0) is 55.9 Å². The van der Waals surface area contributed by atoms with Crippen molar-refractivity contribution >= 4 is 81.8 Å². The van der Waals surface area contributed by atoms with Gasteiger partial charge in [-0.2, -0.15) is 0 Å². The summed E-state index contributed by atoms with van der Waals surface area (Å²) in [5.74, 6) is -6.08. The number of fused-ring (bicyclic) bond motifs is 2. The van der Waals surface area contributed by atoms with E-state index in [0.717, 1.165) is 53.7 Å². The van der Waals surface area contributed by atoms with Crippen molar-refractivity contribution in [1.82, 2.24) is 21.3 Å². The molecule has 1 fully saturated rings. The molecule has 3 aliphatic rings. The number of phenols is 1. The number of carboxylic acids is 3. The highest BCUT2D eigenvalue weighted by molar-refractivity contribution is 7.80. The molecule has 1 heterocycles. The monoisotopic (exact) mass is 1190 g/mol. The van der Waals surface area contributed by atoms with Crippen LogP contribution in [-0.4, -0.2) is 104 Å². The van der Waals surface area contributed by atoms with Crippen LogP contribution in [0.3, 0.4) is 0 Å². The maximum Gasteiger partial charge on any atom is 0.326 e. The number of carboxylic acid groups (broad SMARTS) is 3. The number of aliphatic carboxylic acids is 3. The van der Waals surface area contributed by atoms with E-state index in [2.05, 4.69) is 26.0 Å². The third-order valence-corrected chi connectivity index (χ3v) is 15.9. The van der Waals surface area contributed by atoms with Gasteiger partial charge in [-0.25, -0.2) is 9.59 Å². The number of thiocarbonyl (C=S) groups is 1. The first-order valence-electron chi connectivity index (χ1n) is 29.1. The van der Waals surface area contributed by atoms with E-state index >= 15 is 0 Å². The van der Waals surface area contributed by atoms with E-state index in [1.165, 1.54) is 24.3 Å². The number of ketones is 2. The largest absolute Gasteiger partial charge is 0.508 e. The normalized spacial score (nSPS) is 16.2. The minimum Gasteiger partial charge on any atom is -0.508 e. The Morgan fingerprint density at radius 2 is 1.39 bits per heavy atom. The van der Waals surface area contributed by atoms with E-state index < -0.39 is 60.5 Å². The number of hydrogen-bond donors (Lipinski definition) is 8. The third kappa shape index (κ3) is 21.7. The molecule has 0 radical (unpaired) electrons. The molecule has 20 nitrogen and oxygen atoms in total. The highest BCUT2D eigenvalue weighted by Crippen LogP contribution is 2.48. The van der Waals surface area contributed by atoms with Gasteiger partial charge in [0.2, 0.25) is 11.8 Å². The Bertz CT molecular complexity index is 3130. The summed E-state index contributed by atoms with van der Waals surface area (Å²) in [7, 11) is 0. The van der Waals surface area contributed by atoms with Crippen molar-refractivity contribution in [3.8, 4) is 17.1 Å². The maximum absolute atomic E-state index is 14.3. The highest BCUT2D eigenvalue weighted by Gasteiger charge is 2.39. The zero-order chi connectivity index (χ0) is 61.3. The number of urea groups is 1. The SMILES string of the molecule is O=CO[C@H](CCC(=O)O)NC(=O)N[C@@H](CCC(=O)CCCCCCCCC(=O)N[C@@H](Cc1ccccc1)C(=O)C[C@@H](Cc1ccccc1)C(=O)NCCCC(=S)CC1CCC(c2c3ccc(=O)cc-3oc3cc(O)ccc23)C(C(=O)O)C1)C(=O)O. The molecule has 3 aromatic rings. The summed E-state index contributed by atoms with van der Waals surface area (Å²) in [5, 5.41) is 50.3. The number of unbranched alkanes of at least 4 members (excludes halogenated alkanes) is 5. The second-order valence-electron chi connectivity index (χ2n) is 21.9. The first-order valence-corrected chi connectivity index (χ1v) is 29.5. The predicted molar refractivity (Wildman–Crippen MR) is 319 cm³/mol. The summed E-state index contributed by atoms with van der Waals surface area (Å²) in [6.07, 6.45) is 5.96. The van der Waals surface area contributed by atoms with Crippen LogP contribution in [0.25, 0.3) is 22.3 Å². The van der Waals surface area contributed by atoms with Gasteiger partial charge in [-0.1, -0.05) is 98.6 Å². The van der Waals surface area contributed by atoms with Gasteiger partial charge in [-0.05, 0) is 128 Å². The number of carbonyl (C=O) groups is 9. The summed E-state index contributed by atoms with van der Waals surface area (Å²) < 4.78 is 10.7. The molecule has 1 saturated carbocycles. The molecule has 3 unspecified atom stereocenters. The second kappa shape index (κ2) is 33.8. The maximum atomic E-state index is 14.3. The number of nitrogens with one attached hydrogen (secondary N) is 4. The van der Waals surface area contributed by atoms with Crippen LogP contribution in [0.2, 0.25) is 0 Å². The number of ether oxygens (including phenoxy) is 1. The average molecular weight is 1190 g/mol. The Morgan fingerprint density at radius 3 is 2.06 bits per heavy atom. The van der Waals surface area contributed by atoms with E-state index in [1.54, 1.807) is 12.1 Å². The first kappa shape index (κ1) is 65.8.